The van der Waals surface area contributed by atoms with E-state index in [1.54, 1.807) is 6.07 Å². The van der Waals surface area contributed by atoms with Crippen molar-refractivity contribution in [1.82, 2.24) is 14.8 Å². The van der Waals surface area contributed by atoms with Crippen molar-refractivity contribution < 1.29 is 18.7 Å². The van der Waals surface area contributed by atoms with Crippen LogP contribution >= 0.6 is 23.4 Å². The molecular weight excluding hydrogens is 729 g/mol. The van der Waals surface area contributed by atoms with E-state index >= 15 is 0 Å². The summed E-state index contributed by atoms with van der Waals surface area (Å²) in [7, 11) is 0. The van der Waals surface area contributed by atoms with Gasteiger partial charge in [-0.15, -0.1) is 0 Å². The van der Waals surface area contributed by atoms with Gasteiger partial charge in [-0.05, 0) is 111 Å². The first-order valence-electron chi connectivity index (χ1n) is 20.6. The highest BCUT2D eigenvalue weighted by atomic mass is 35.5. The number of aryl methyl sites for hydroxylation is 2. The molecule has 1 unspecified atom stereocenters. The normalized spacial score (nSPS) is 14.8. The highest BCUT2D eigenvalue weighted by molar-refractivity contribution is 7.99. The summed E-state index contributed by atoms with van der Waals surface area (Å²) >= 11 is 9.22. The molecule has 3 heterocycles. The quantitative estimate of drug-likeness (QED) is 0.0849. The Labute approximate surface area is 337 Å². The summed E-state index contributed by atoms with van der Waals surface area (Å²) in [5.74, 6) is 2.72. The smallest absolute Gasteiger partial charge is 0.355 e. The number of rotatable bonds is 17. The van der Waals surface area contributed by atoms with Gasteiger partial charge >= 0.3 is 5.97 Å². The second-order valence-corrected chi connectivity index (χ2v) is 16.1. The molecule has 6 rings (SSSR count). The number of ether oxygens (including phenoxy) is 2. The van der Waals surface area contributed by atoms with Gasteiger partial charge in [-0.1, -0.05) is 76.9 Å². The Balaban J connectivity index is 0.000000757. The molecule has 2 aliphatic heterocycles. The van der Waals surface area contributed by atoms with E-state index in [0.717, 1.165) is 82.4 Å². The summed E-state index contributed by atoms with van der Waals surface area (Å²) in [5.41, 5.74) is 7.55. The van der Waals surface area contributed by atoms with Crippen LogP contribution in [0, 0.1) is 11.7 Å². The van der Waals surface area contributed by atoms with Crippen LogP contribution in [0.25, 0.3) is 27.2 Å². The van der Waals surface area contributed by atoms with Crippen LogP contribution < -0.4 is 10.1 Å². The zero-order chi connectivity index (χ0) is 39.3. The van der Waals surface area contributed by atoms with E-state index in [2.05, 4.69) is 61.5 Å². The molecule has 6 nitrogen and oxygen atoms in total. The monoisotopic (exact) mass is 789 g/mol. The Morgan fingerprint density at radius 3 is 2.55 bits per heavy atom. The summed E-state index contributed by atoms with van der Waals surface area (Å²) in [6.07, 6.45) is 9.09. The van der Waals surface area contributed by atoms with E-state index in [-0.39, 0.29) is 11.8 Å². The Hall–Kier alpha value is -3.46. The molecule has 0 amide bonds. The summed E-state index contributed by atoms with van der Waals surface area (Å²) in [6, 6.07) is 14.6. The Kier molecular flexibility index (Phi) is 16.4. The SMILES string of the molecule is CCCNCCC.CCOC(=O)c1c(CCCOc2cccc3cc(F)ccc23)c2ccc(Cl)c(C3=C4CSCCN4CC=C3CC)c2n1CCC(C)CC. The second-order valence-electron chi connectivity index (χ2n) is 14.5. The third-order valence-electron chi connectivity index (χ3n) is 10.7. The Morgan fingerprint density at radius 1 is 1.04 bits per heavy atom. The molecule has 4 aromatic rings. The molecule has 298 valence electrons. The molecule has 0 bridgehead atoms. The van der Waals surface area contributed by atoms with Crippen LogP contribution in [0.4, 0.5) is 4.39 Å². The fourth-order valence-corrected chi connectivity index (χ4v) is 8.85. The van der Waals surface area contributed by atoms with Crippen LogP contribution in [-0.4, -0.2) is 66.3 Å². The van der Waals surface area contributed by atoms with Crippen molar-refractivity contribution in [2.45, 2.75) is 93.0 Å². The van der Waals surface area contributed by atoms with E-state index in [1.807, 2.05) is 43.0 Å². The maximum absolute atomic E-state index is 13.9. The number of fused-ring (bicyclic) bond motifs is 3. The average molecular weight is 791 g/mol. The largest absolute Gasteiger partial charge is 0.493 e. The van der Waals surface area contributed by atoms with Gasteiger partial charge in [0.2, 0.25) is 0 Å². The van der Waals surface area contributed by atoms with Crippen molar-refractivity contribution in [3.05, 3.63) is 93.5 Å². The van der Waals surface area contributed by atoms with Crippen LogP contribution in [0.2, 0.25) is 5.02 Å². The molecule has 0 radical (unpaired) electrons. The van der Waals surface area contributed by atoms with Crippen LogP contribution in [0.5, 0.6) is 5.75 Å². The summed E-state index contributed by atoms with van der Waals surface area (Å²) in [5, 5.41) is 6.73. The molecule has 3 aromatic carbocycles. The molecule has 1 aromatic heterocycles. The van der Waals surface area contributed by atoms with Gasteiger partial charge in [0.1, 0.15) is 17.3 Å². The van der Waals surface area contributed by atoms with Crippen molar-refractivity contribution in [2.24, 2.45) is 5.92 Å². The fraction of sp³-hybridized carbons (Fsp3) is 0.500. The number of thioether (sulfide) groups is 1. The Morgan fingerprint density at radius 2 is 1.82 bits per heavy atom. The summed E-state index contributed by atoms with van der Waals surface area (Å²) in [6.45, 7) is 18.7. The molecule has 2 aliphatic rings. The van der Waals surface area contributed by atoms with Crippen molar-refractivity contribution in [3.8, 4) is 5.75 Å². The number of benzene rings is 3. The zero-order valence-corrected chi connectivity index (χ0v) is 35.4. The summed E-state index contributed by atoms with van der Waals surface area (Å²) < 4.78 is 28.1. The molecule has 1 atom stereocenters. The minimum absolute atomic E-state index is 0.267. The average Bonchev–Trinajstić information content (AvgIpc) is 3.51. The molecule has 0 saturated carbocycles. The van der Waals surface area contributed by atoms with Gasteiger partial charge in [0.05, 0.1) is 23.8 Å². The molecule has 1 fully saturated rings. The van der Waals surface area contributed by atoms with Gasteiger partial charge in [-0.3, -0.25) is 0 Å². The zero-order valence-electron chi connectivity index (χ0n) is 33.9. The summed E-state index contributed by atoms with van der Waals surface area (Å²) in [4.78, 5) is 16.4. The van der Waals surface area contributed by atoms with Gasteiger partial charge in [0, 0.05) is 58.7 Å². The van der Waals surface area contributed by atoms with Gasteiger partial charge in [-0.25, -0.2) is 9.18 Å². The lowest BCUT2D eigenvalue weighted by atomic mass is 9.89. The van der Waals surface area contributed by atoms with Crippen LogP contribution in [0.3, 0.4) is 0 Å². The van der Waals surface area contributed by atoms with E-state index in [9.17, 15) is 9.18 Å². The number of nitrogens with zero attached hydrogens (tertiary/aromatic N) is 2. The van der Waals surface area contributed by atoms with Crippen molar-refractivity contribution in [2.75, 3.05) is 50.9 Å². The minimum Gasteiger partial charge on any atom is -0.493 e. The Bertz CT molecular complexity index is 1970. The molecule has 1 saturated heterocycles. The molecular formula is C46H61ClFN3O3S. The van der Waals surface area contributed by atoms with Crippen molar-refractivity contribution >= 4 is 56.6 Å². The molecule has 9 heteroatoms. The number of hydrogen-bond donors (Lipinski definition) is 1. The van der Waals surface area contributed by atoms with Crippen LogP contribution in [0.1, 0.15) is 102 Å². The number of hydrogen-bond acceptors (Lipinski definition) is 6. The maximum Gasteiger partial charge on any atom is 0.355 e. The lowest BCUT2D eigenvalue weighted by molar-refractivity contribution is 0.0512. The van der Waals surface area contributed by atoms with Crippen LogP contribution in [0.15, 0.2) is 65.9 Å². The number of allylic oxidation sites excluding steroid dienone is 2. The second kappa shape index (κ2) is 21.2. The van der Waals surface area contributed by atoms with Gasteiger partial charge < -0.3 is 24.3 Å². The first-order chi connectivity index (χ1) is 26.8. The standard InChI is InChI=1S/C40H46ClFN2O3S.C6H15N/c1-5-26(4)17-20-44-38-32(15-16-33(41)37(38)36-27(6-2)18-19-43-21-23-48-25-34(36)43)31(39(44)40(45)46-7-3)11-9-22-47-35-12-8-10-28-24-29(42)13-14-30(28)35;1-3-5-7-6-4-2/h8,10,12-16,18,24,26H,5-7,9,11,17,19-23,25H2,1-4H3;7H,3-6H2,1-2H3. The molecule has 1 N–H and O–H groups in total. The number of carbonyl (C=O) groups is 1. The number of nitrogens with one attached hydrogen (secondary N) is 1. The number of aromatic nitrogens is 1. The third kappa shape index (κ3) is 10.3. The molecule has 55 heavy (non-hydrogen) atoms. The fourth-order valence-electron chi connectivity index (χ4n) is 7.59. The third-order valence-corrected chi connectivity index (χ3v) is 12.0. The minimum atomic E-state index is -0.297. The number of halogens is 2. The number of carbonyl (C=O) groups excluding carboxylic acids is 1. The van der Waals surface area contributed by atoms with Crippen LogP contribution in [-0.2, 0) is 17.7 Å². The first kappa shape index (κ1) is 42.7. The highest BCUT2D eigenvalue weighted by Crippen LogP contribution is 2.45. The highest BCUT2D eigenvalue weighted by Gasteiger charge is 2.32. The van der Waals surface area contributed by atoms with E-state index in [0.29, 0.717) is 49.2 Å². The maximum atomic E-state index is 13.9. The predicted molar refractivity (Wildman–Crippen MR) is 232 cm³/mol. The van der Waals surface area contributed by atoms with Gasteiger partial charge in [0.15, 0.2) is 0 Å². The van der Waals surface area contributed by atoms with Crippen molar-refractivity contribution in [1.29, 1.82) is 0 Å². The van der Waals surface area contributed by atoms with Gasteiger partial charge in [0.25, 0.3) is 0 Å². The molecule has 0 spiro atoms. The molecule has 0 aliphatic carbocycles. The topological polar surface area (TPSA) is 55.7 Å². The lowest BCUT2D eigenvalue weighted by Gasteiger charge is -2.37. The predicted octanol–water partition coefficient (Wildman–Crippen LogP) is 11.7. The number of esters is 1. The van der Waals surface area contributed by atoms with E-state index in [4.69, 9.17) is 21.1 Å². The van der Waals surface area contributed by atoms with E-state index < -0.39 is 0 Å². The first-order valence-corrected chi connectivity index (χ1v) is 22.1. The lowest BCUT2D eigenvalue weighted by Crippen LogP contribution is -2.34. The van der Waals surface area contributed by atoms with Gasteiger partial charge in [-0.2, -0.15) is 11.8 Å². The van der Waals surface area contributed by atoms with Crippen molar-refractivity contribution in [3.63, 3.8) is 0 Å². The van der Waals surface area contributed by atoms with E-state index in [1.165, 1.54) is 54.9 Å².